The van der Waals surface area contributed by atoms with Crippen LogP contribution in [0.5, 0.6) is 0 Å². The van der Waals surface area contributed by atoms with Crippen LogP contribution in [-0.4, -0.2) is 81.7 Å². The van der Waals surface area contributed by atoms with Crippen molar-refractivity contribution in [1.29, 1.82) is 0 Å². The number of aromatic nitrogens is 1. The molecule has 0 radical (unpaired) electrons. The number of amides is 3. The molecule has 4 rings (SSSR count). The Bertz CT molecular complexity index is 1630. The Labute approximate surface area is 287 Å². The van der Waals surface area contributed by atoms with E-state index < -0.39 is 34.1 Å². The van der Waals surface area contributed by atoms with Crippen LogP contribution in [0.1, 0.15) is 77.5 Å². The fourth-order valence-corrected chi connectivity index (χ4v) is 6.65. The molecule has 1 aliphatic rings. The van der Waals surface area contributed by atoms with Crippen molar-refractivity contribution in [1.82, 2.24) is 30.6 Å². The largest absolute Gasteiger partial charge is 0.354 e. The van der Waals surface area contributed by atoms with Gasteiger partial charge in [0.15, 0.2) is 0 Å². The summed E-state index contributed by atoms with van der Waals surface area (Å²) in [5.74, 6) is -0.452. The Hall–Kier alpha value is -3.85. The summed E-state index contributed by atoms with van der Waals surface area (Å²) in [6.45, 7) is 4.85. The minimum absolute atomic E-state index is 0.0717. The zero-order valence-corrected chi connectivity index (χ0v) is 29.9. The molecule has 0 unspecified atom stereocenters. The lowest BCUT2D eigenvalue weighted by atomic mass is 10.0. The molecule has 2 aromatic carbocycles. The molecule has 3 aromatic rings. The van der Waals surface area contributed by atoms with Gasteiger partial charge in [0.1, 0.15) is 0 Å². The predicted octanol–water partition coefficient (Wildman–Crippen LogP) is 3.50. The van der Waals surface area contributed by atoms with Crippen LogP contribution < -0.4 is 25.6 Å². The Morgan fingerprint density at radius 3 is 2.19 bits per heavy atom. The first-order valence-corrected chi connectivity index (χ1v) is 18.6. The van der Waals surface area contributed by atoms with Crippen molar-refractivity contribution in [3.63, 3.8) is 0 Å². The highest BCUT2D eigenvalue weighted by molar-refractivity contribution is 7.90. The second-order valence-electron chi connectivity index (χ2n) is 12.3. The van der Waals surface area contributed by atoms with Crippen molar-refractivity contribution >= 4 is 45.0 Å². The summed E-state index contributed by atoms with van der Waals surface area (Å²) in [4.78, 5) is 44.8. The fourth-order valence-electron chi connectivity index (χ4n) is 5.21. The molecule has 0 aliphatic heterocycles. The normalized spacial score (nSPS) is 15.0. The van der Waals surface area contributed by atoms with E-state index in [4.69, 9.17) is 0 Å². The Morgan fingerprint density at radius 1 is 0.958 bits per heavy atom. The lowest BCUT2D eigenvalue weighted by molar-refractivity contribution is -0.123. The molecule has 14 heteroatoms. The molecular weight excluding hydrogens is 651 g/mol. The quantitative estimate of drug-likeness (QED) is 0.159. The number of nitrogens with one attached hydrogen (secondary N) is 4. The van der Waals surface area contributed by atoms with Crippen molar-refractivity contribution in [2.75, 3.05) is 38.5 Å². The molecule has 1 aliphatic carbocycles. The first kappa shape index (κ1) is 37.0. The standard InChI is InChI=1S/C34H47N7O5S2/c1-6-30(24-11-9-8-10-12-24)39-33(43)26-15-25(16-29(17-26)41(5)48(45,46)40(3)4)32(42)38-27(18-28-21-47-22-37-28)20-35-31(7-2)34(44)36-19-23-13-14-23/h8-12,15-17,21-23,27,30-31,35H,6-7,13-14,18-20H2,1-5H3,(H,36,44)(H,38,42)(H,39,43)/t27-,30+,31-/m0/s1. The molecule has 1 saturated carbocycles. The third-order valence-corrected chi connectivity index (χ3v) is 10.9. The van der Waals surface area contributed by atoms with Crippen LogP contribution in [0.3, 0.4) is 0 Å². The highest BCUT2D eigenvalue weighted by atomic mass is 32.2. The van der Waals surface area contributed by atoms with Crippen LogP contribution in [0.25, 0.3) is 0 Å². The summed E-state index contributed by atoms with van der Waals surface area (Å²) in [6.07, 6.45) is 3.88. The first-order valence-electron chi connectivity index (χ1n) is 16.3. The maximum atomic E-state index is 13.9. The summed E-state index contributed by atoms with van der Waals surface area (Å²) < 4.78 is 28.3. The second kappa shape index (κ2) is 17.0. The highest BCUT2D eigenvalue weighted by Gasteiger charge is 2.27. The van der Waals surface area contributed by atoms with Crippen LogP contribution in [0.4, 0.5) is 5.69 Å². The predicted molar refractivity (Wildman–Crippen MR) is 189 cm³/mol. The van der Waals surface area contributed by atoms with Gasteiger partial charge in [-0.25, -0.2) is 4.98 Å². The average molecular weight is 698 g/mol. The van der Waals surface area contributed by atoms with E-state index >= 15 is 0 Å². The Kier molecular flexibility index (Phi) is 13.1. The number of rotatable bonds is 18. The van der Waals surface area contributed by atoms with Gasteiger partial charge < -0.3 is 21.3 Å². The summed E-state index contributed by atoms with van der Waals surface area (Å²) in [5.41, 5.74) is 3.84. The molecule has 0 saturated heterocycles. The minimum Gasteiger partial charge on any atom is -0.354 e. The van der Waals surface area contributed by atoms with Gasteiger partial charge in [0.05, 0.1) is 29.0 Å². The molecule has 4 N–H and O–H groups in total. The zero-order chi connectivity index (χ0) is 34.8. The number of hydrogen-bond donors (Lipinski definition) is 4. The summed E-state index contributed by atoms with van der Waals surface area (Å²) in [5, 5.41) is 14.3. The van der Waals surface area contributed by atoms with E-state index in [2.05, 4.69) is 26.3 Å². The third kappa shape index (κ3) is 10.1. The van der Waals surface area contributed by atoms with E-state index in [1.54, 1.807) is 5.51 Å². The van der Waals surface area contributed by atoms with E-state index in [1.807, 2.05) is 49.6 Å². The lowest BCUT2D eigenvalue weighted by Gasteiger charge is -2.25. The Balaban J connectivity index is 1.60. The average Bonchev–Trinajstić information content (AvgIpc) is 3.78. The molecule has 1 aromatic heterocycles. The van der Waals surface area contributed by atoms with Crippen LogP contribution in [0.15, 0.2) is 59.4 Å². The van der Waals surface area contributed by atoms with E-state index in [-0.39, 0.29) is 35.3 Å². The van der Waals surface area contributed by atoms with E-state index in [9.17, 15) is 22.8 Å². The smallest absolute Gasteiger partial charge is 0.303 e. The number of anilines is 1. The van der Waals surface area contributed by atoms with Crippen LogP contribution in [-0.2, 0) is 21.4 Å². The third-order valence-electron chi connectivity index (χ3n) is 8.40. The lowest BCUT2D eigenvalue weighted by Crippen LogP contribution is -2.50. The van der Waals surface area contributed by atoms with E-state index in [1.165, 1.54) is 50.7 Å². The van der Waals surface area contributed by atoms with Gasteiger partial charge in [0.2, 0.25) is 5.91 Å². The van der Waals surface area contributed by atoms with E-state index in [0.717, 1.165) is 32.7 Å². The maximum Gasteiger partial charge on any atom is 0.303 e. The fraction of sp³-hybridized carbons (Fsp3) is 0.471. The summed E-state index contributed by atoms with van der Waals surface area (Å²) in [6, 6.07) is 12.8. The monoisotopic (exact) mass is 697 g/mol. The number of thiazole rings is 1. The number of benzene rings is 2. The number of hydrogen-bond acceptors (Lipinski definition) is 8. The molecule has 0 bridgehead atoms. The number of carbonyl (C=O) groups is 3. The van der Waals surface area contributed by atoms with Gasteiger partial charge in [0.25, 0.3) is 11.8 Å². The van der Waals surface area contributed by atoms with Crippen molar-refractivity contribution in [3.8, 4) is 0 Å². The van der Waals surface area contributed by atoms with Crippen molar-refractivity contribution in [2.45, 2.75) is 64.1 Å². The van der Waals surface area contributed by atoms with Crippen LogP contribution >= 0.6 is 11.3 Å². The molecule has 12 nitrogen and oxygen atoms in total. The Morgan fingerprint density at radius 2 is 1.62 bits per heavy atom. The molecule has 48 heavy (non-hydrogen) atoms. The molecule has 3 atom stereocenters. The summed E-state index contributed by atoms with van der Waals surface area (Å²) >= 11 is 1.45. The van der Waals surface area contributed by atoms with Gasteiger partial charge in [0, 0.05) is 63.2 Å². The van der Waals surface area contributed by atoms with E-state index in [0.29, 0.717) is 31.7 Å². The van der Waals surface area contributed by atoms with Gasteiger partial charge in [-0.3, -0.25) is 18.7 Å². The van der Waals surface area contributed by atoms with Crippen LogP contribution in [0.2, 0.25) is 0 Å². The van der Waals surface area contributed by atoms with Gasteiger partial charge >= 0.3 is 10.2 Å². The maximum absolute atomic E-state index is 13.9. The molecule has 0 spiro atoms. The number of nitrogens with zero attached hydrogens (tertiary/aromatic N) is 3. The molecule has 1 fully saturated rings. The molecular formula is C34H47N7O5S2. The highest BCUT2D eigenvalue weighted by Crippen LogP contribution is 2.27. The number of carbonyl (C=O) groups excluding carboxylic acids is 3. The zero-order valence-electron chi connectivity index (χ0n) is 28.2. The minimum atomic E-state index is -3.93. The van der Waals surface area contributed by atoms with Gasteiger partial charge in [-0.2, -0.15) is 12.7 Å². The van der Waals surface area contributed by atoms with Crippen molar-refractivity contribution < 1.29 is 22.8 Å². The molecule has 260 valence electrons. The van der Waals surface area contributed by atoms with Gasteiger partial charge in [-0.05, 0) is 55.4 Å². The second-order valence-corrected chi connectivity index (χ2v) is 15.2. The van der Waals surface area contributed by atoms with Gasteiger partial charge in [-0.15, -0.1) is 11.3 Å². The van der Waals surface area contributed by atoms with Crippen molar-refractivity contribution in [3.05, 3.63) is 81.8 Å². The van der Waals surface area contributed by atoms with Crippen molar-refractivity contribution in [2.24, 2.45) is 5.92 Å². The topological polar surface area (TPSA) is 153 Å². The SMILES string of the molecule is CC[C@H](NC[C@H](Cc1cscn1)NC(=O)c1cc(C(=O)N[C@H](CC)c2ccccc2)cc(N(C)S(=O)(=O)N(C)C)c1)C(=O)NCC1CC1. The molecule has 3 amide bonds. The summed E-state index contributed by atoms with van der Waals surface area (Å²) in [7, 11) is 0.266. The first-order chi connectivity index (χ1) is 22.9. The van der Waals surface area contributed by atoms with Gasteiger partial charge in [-0.1, -0.05) is 44.2 Å². The van der Waals surface area contributed by atoms with Crippen LogP contribution in [0, 0.1) is 5.92 Å². The molecule has 1 heterocycles.